The number of aryl methyl sites for hydroxylation is 1. The fourth-order valence-corrected chi connectivity index (χ4v) is 2.39. The summed E-state index contributed by atoms with van der Waals surface area (Å²) in [5, 5.41) is 1.18. The van der Waals surface area contributed by atoms with Crippen LogP contribution in [0.1, 0.15) is 5.56 Å². The van der Waals surface area contributed by atoms with Gasteiger partial charge < -0.3 is 0 Å². The number of hydrogen-bond donors (Lipinski definition) is 0. The van der Waals surface area contributed by atoms with E-state index in [0.29, 0.717) is 0 Å². The van der Waals surface area contributed by atoms with Gasteiger partial charge in [-0.1, -0.05) is 15.9 Å². The number of rotatable bonds is 1. The number of aromatic nitrogens is 2. The van der Waals surface area contributed by atoms with Gasteiger partial charge in [-0.2, -0.15) is 0 Å². The number of benzene rings is 1. The second-order valence-electron chi connectivity index (χ2n) is 4.23. The van der Waals surface area contributed by atoms with E-state index < -0.39 is 0 Å². The van der Waals surface area contributed by atoms with E-state index in [1.807, 2.05) is 30.5 Å². The van der Waals surface area contributed by atoms with Gasteiger partial charge in [-0.25, -0.2) is 4.98 Å². The maximum absolute atomic E-state index is 4.69. The van der Waals surface area contributed by atoms with Crippen molar-refractivity contribution in [1.82, 2.24) is 9.97 Å². The fourth-order valence-electron chi connectivity index (χ4n) is 2.03. The molecule has 0 unspecified atom stereocenters. The van der Waals surface area contributed by atoms with E-state index in [0.717, 1.165) is 21.2 Å². The summed E-state index contributed by atoms with van der Waals surface area (Å²) in [4.78, 5) is 8.82. The van der Waals surface area contributed by atoms with E-state index in [1.54, 1.807) is 6.20 Å². The molecule has 2 aromatic heterocycles. The van der Waals surface area contributed by atoms with Gasteiger partial charge in [0.15, 0.2) is 0 Å². The SMILES string of the molecule is Cc1cc(-c2cccnc2)nc2ccc(Br)cc12. The molecule has 18 heavy (non-hydrogen) atoms. The van der Waals surface area contributed by atoms with E-state index in [4.69, 9.17) is 0 Å². The smallest absolute Gasteiger partial charge is 0.0727 e. The van der Waals surface area contributed by atoms with Gasteiger partial charge in [0.25, 0.3) is 0 Å². The van der Waals surface area contributed by atoms with E-state index >= 15 is 0 Å². The first-order chi connectivity index (χ1) is 8.74. The van der Waals surface area contributed by atoms with E-state index in [-0.39, 0.29) is 0 Å². The lowest BCUT2D eigenvalue weighted by Crippen LogP contribution is -1.89. The van der Waals surface area contributed by atoms with Crippen LogP contribution in [0.2, 0.25) is 0 Å². The molecular formula is C15H11BrN2. The largest absolute Gasteiger partial charge is 0.264 e. The summed E-state index contributed by atoms with van der Waals surface area (Å²) in [6, 6.07) is 12.2. The Balaban J connectivity index is 2.25. The lowest BCUT2D eigenvalue weighted by Gasteiger charge is -2.06. The number of pyridine rings is 2. The molecule has 3 heteroatoms. The fraction of sp³-hybridized carbons (Fsp3) is 0.0667. The van der Waals surface area contributed by atoms with Crippen molar-refractivity contribution in [2.75, 3.05) is 0 Å². The molecule has 0 aliphatic carbocycles. The molecule has 0 N–H and O–H groups in total. The molecule has 3 rings (SSSR count). The molecule has 3 aromatic rings. The molecule has 0 fully saturated rings. The third-order valence-electron chi connectivity index (χ3n) is 2.93. The minimum atomic E-state index is 0.968. The number of halogens is 1. The third kappa shape index (κ3) is 2.02. The Morgan fingerprint density at radius 1 is 1.11 bits per heavy atom. The molecule has 0 bridgehead atoms. The molecule has 0 aliphatic rings. The molecular weight excluding hydrogens is 288 g/mol. The van der Waals surface area contributed by atoms with Crippen molar-refractivity contribution in [2.45, 2.75) is 6.92 Å². The molecule has 0 saturated heterocycles. The second kappa shape index (κ2) is 4.50. The average Bonchev–Trinajstić information content (AvgIpc) is 2.40. The van der Waals surface area contributed by atoms with Gasteiger partial charge in [0.05, 0.1) is 11.2 Å². The molecule has 0 aliphatic heterocycles. The average molecular weight is 299 g/mol. The second-order valence-corrected chi connectivity index (χ2v) is 5.14. The zero-order chi connectivity index (χ0) is 12.5. The monoisotopic (exact) mass is 298 g/mol. The zero-order valence-corrected chi connectivity index (χ0v) is 11.5. The van der Waals surface area contributed by atoms with Crippen molar-refractivity contribution >= 4 is 26.8 Å². The first kappa shape index (κ1) is 11.4. The first-order valence-corrected chi connectivity index (χ1v) is 6.50. The van der Waals surface area contributed by atoms with Crippen LogP contribution in [0.5, 0.6) is 0 Å². The molecule has 0 atom stereocenters. The molecule has 88 valence electrons. The Morgan fingerprint density at radius 2 is 2.00 bits per heavy atom. The van der Waals surface area contributed by atoms with E-state index in [2.05, 4.69) is 45.0 Å². The molecule has 0 spiro atoms. The van der Waals surface area contributed by atoms with Crippen LogP contribution in [0.15, 0.2) is 53.3 Å². The summed E-state index contributed by atoms with van der Waals surface area (Å²) in [7, 11) is 0. The number of fused-ring (bicyclic) bond motifs is 1. The van der Waals surface area contributed by atoms with Crippen LogP contribution in [-0.2, 0) is 0 Å². The van der Waals surface area contributed by atoms with Crippen molar-refractivity contribution < 1.29 is 0 Å². The van der Waals surface area contributed by atoms with Crippen molar-refractivity contribution in [3.05, 3.63) is 58.8 Å². The summed E-state index contributed by atoms with van der Waals surface area (Å²) < 4.78 is 1.08. The standard InChI is InChI=1S/C15H11BrN2/c1-10-7-15(11-3-2-6-17-9-11)18-14-5-4-12(16)8-13(10)14/h2-9H,1H3. The van der Waals surface area contributed by atoms with Crippen LogP contribution in [0, 0.1) is 6.92 Å². The van der Waals surface area contributed by atoms with Gasteiger partial charge in [-0.05, 0) is 48.9 Å². The normalized spacial score (nSPS) is 10.8. The zero-order valence-electron chi connectivity index (χ0n) is 9.89. The van der Waals surface area contributed by atoms with Gasteiger partial charge >= 0.3 is 0 Å². The van der Waals surface area contributed by atoms with Crippen LogP contribution < -0.4 is 0 Å². The minimum Gasteiger partial charge on any atom is -0.264 e. The van der Waals surface area contributed by atoms with E-state index in [9.17, 15) is 0 Å². The predicted octanol–water partition coefficient (Wildman–Crippen LogP) is 4.37. The van der Waals surface area contributed by atoms with Crippen molar-refractivity contribution in [1.29, 1.82) is 0 Å². The Labute approximate surface area is 114 Å². The van der Waals surface area contributed by atoms with Crippen LogP contribution in [0.4, 0.5) is 0 Å². The van der Waals surface area contributed by atoms with Gasteiger partial charge in [0.1, 0.15) is 0 Å². The summed E-state index contributed by atoms with van der Waals surface area (Å²) >= 11 is 3.49. The molecule has 1 aromatic carbocycles. The maximum atomic E-state index is 4.69. The first-order valence-electron chi connectivity index (χ1n) is 5.71. The molecule has 0 amide bonds. The van der Waals surface area contributed by atoms with Gasteiger partial charge in [0.2, 0.25) is 0 Å². The molecule has 2 heterocycles. The Morgan fingerprint density at radius 3 is 2.78 bits per heavy atom. The van der Waals surface area contributed by atoms with Gasteiger partial charge in [0, 0.05) is 27.8 Å². The molecule has 2 nitrogen and oxygen atoms in total. The van der Waals surface area contributed by atoms with E-state index in [1.165, 1.54) is 10.9 Å². The Kier molecular flexibility index (Phi) is 2.84. The highest BCUT2D eigenvalue weighted by molar-refractivity contribution is 9.10. The van der Waals surface area contributed by atoms with Crippen molar-refractivity contribution in [3.8, 4) is 11.3 Å². The Bertz CT molecular complexity index is 708. The maximum Gasteiger partial charge on any atom is 0.0727 e. The number of nitrogens with zero attached hydrogens (tertiary/aromatic N) is 2. The highest BCUT2D eigenvalue weighted by atomic mass is 79.9. The highest BCUT2D eigenvalue weighted by Crippen LogP contribution is 2.26. The van der Waals surface area contributed by atoms with Crippen LogP contribution in [0.3, 0.4) is 0 Å². The van der Waals surface area contributed by atoms with Gasteiger partial charge in [-0.15, -0.1) is 0 Å². The van der Waals surface area contributed by atoms with Gasteiger partial charge in [-0.3, -0.25) is 4.98 Å². The summed E-state index contributed by atoms with van der Waals surface area (Å²) in [5.74, 6) is 0. The molecule has 0 saturated carbocycles. The Hall–Kier alpha value is -1.74. The molecule has 0 radical (unpaired) electrons. The topological polar surface area (TPSA) is 25.8 Å². The van der Waals surface area contributed by atoms with Crippen LogP contribution in [0.25, 0.3) is 22.2 Å². The van der Waals surface area contributed by atoms with Crippen LogP contribution >= 0.6 is 15.9 Å². The summed E-state index contributed by atoms with van der Waals surface area (Å²) in [6.07, 6.45) is 3.61. The quantitative estimate of drug-likeness (QED) is 0.667. The van der Waals surface area contributed by atoms with Crippen LogP contribution in [-0.4, -0.2) is 9.97 Å². The predicted molar refractivity (Wildman–Crippen MR) is 77.4 cm³/mol. The number of hydrogen-bond acceptors (Lipinski definition) is 2. The lowest BCUT2D eigenvalue weighted by molar-refractivity contribution is 1.29. The summed E-state index contributed by atoms with van der Waals surface area (Å²) in [6.45, 7) is 2.11. The summed E-state index contributed by atoms with van der Waals surface area (Å²) in [5.41, 5.74) is 4.25. The van der Waals surface area contributed by atoms with Crippen molar-refractivity contribution in [2.24, 2.45) is 0 Å². The highest BCUT2D eigenvalue weighted by Gasteiger charge is 2.05. The minimum absolute atomic E-state index is 0.968. The third-order valence-corrected chi connectivity index (χ3v) is 3.43. The van der Waals surface area contributed by atoms with Crippen molar-refractivity contribution in [3.63, 3.8) is 0 Å². The lowest BCUT2D eigenvalue weighted by atomic mass is 10.1.